The van der Waals surface area contributed by atoms with E-state index in [1.807, 2.05) is 6.08 Å². The summed E-state index contributed by atoms with van der Waals surface area (Å²) in [6, 6.07) is 7.09. The lowest BCUT2D eigenvalue weighted by atomic mass is 9.75. The molecule has 1 heterocycles. The van der Waals surface area contributed by atoms with Gasteiger partial charge < -0.3 is 15.5 Å². The molecule has 1 aliphatic carbocycles. The lowest BCUT2D eigenvalue weighted by Gasteiger charge is -2.40. The predicted molar refractivity (Wildman–Crippen MR) is 104 cm³/mol. The number of aliphatic hydroxyl groups excluding tert-OH is 2. The molecule has 25 heavy (non-hydrogen) atoms. The Hall–Kier alpha value is -1.74. The van der Waals surface area contributed by atoms with Gasteiger partial charge in [0.25, 0.3) is 0 Å². The Morgan fingerprint density at radius 2 is 2.00 bits per heavy atom. The Morgan fingerprint density at radius 1 is 1.20 bits per heavy atom. The Labute approximate surface area is 151 Å². The van der Waals surface area contributed by atoms with Gasteiger partial charge in [0.15, 0.2) is 0 Å². The molecule has 0 fully saturated rings. The number of aliphatic hydroxyl groups is 2. The van der Waals surface area contributed by atoms with Crippen LogP contribution < -0.4 is 5.32 Å². The molecule has 1 aromatic rings. The Balaban J connectivity index is 1.87. The fourth-order valence-corrected chi connectivity index (χ4v) is 4.10. The molecule has 0 spiro atoms. The first kappa shape index (κ1) is 18.1. The maximum atomic E-state index is 9.94. The number of rotatable bonds is 4. The Bertz CT molecular complexity index is 669. The molecule has 0 amide bonds. The van der Waals surface area contributed by atoms with E-state index in [0.29, 0.717) is 30.1 Å². The standard InChI is InChI=1S/C22H31NO2/c1-22(2,3)18-9-10-20-17(13-18)12-15(7-5-11-24)21(23-20)16-6-4-8-19(25)14-16/h4,6,8-10,13,15-16,21,23-25H,5,7,11-12,14H2,1-3H3/t15-,16?,21-/m1/s1. The molecule has 0 radical (unpaired) electrons. The van der Waals surface area contributed by atoms with Crippen molar-refractivity contribution in [2.45, 2.75) is 57.9 Å². The fraction of sp³-hybridized carbons (Fsp3) is 0.545. The minimum Gasteiger partial charge on any atom is -0.512 e. The lowest BCUT2D eigenvalue weighted by molar-refractivity contribution is 0.247. The van der Waals surface area contributed by atoms with Crippen molar-refractivity contribution < 1.29 is 10.2 Å². The normalized spacial score (nSPS) is 25.9. The van der Waals surface area contributed by atoms with Crippen LogP contribution in [0.2, 0.25) is 0 Å². The number of nitrogens with one attached hydrogen (secondary N) is 1. The highest BCUT2D eigenvalue weighted by atomic mass is 16.3. The molecule has 1 aliphatic heterocycles. The molecule has 0 saturated heterocycles. The average molecular weight is 341 g/mol. The number of fused-ring (bicyclic) bond motifs is 1. The topological polar surface area (TPSA) is 52.5 Å². The lowest BCUT2D eigenvalue weighted by Crippen LogP contribution is -2.41. The minimum atomic E-state index is 0.148. The number of anilines is 1. The maximum absolute atomic E-state index is 9.94. The van der Waals surface area contributed by atoms with Crippen molar-refractivity contribution in [3.05, 3.63) is 53.3 Å². The third-order valence-corrected chi connectivity index (χ3v) is 5.57. The summed E-state index contributed by atoms with van der Waals surface area (Å²) in [4.78, 5) is 0. The molecule has 0 bridgehead atoms. The summed E-state index contributed by atoms with van der Waals surface area (Å²) in [5, 5.41) is 23.0. The number of benzene rings is 1. The molecule has 3 rings (SSSR count). The van der Waals surface area contributed by atoms with E-state index in [9.17, 15) is 10.2 Å². The van der Waals surface area contributed by atoms with Gasteiger partial charge in [-0.05, 0) is 53.9 Å². The SMILES string of the molecule is CC(C)(C)c1ccc2c(c1)C[C@@H](CCCO)[C@H](C1C=CC=C(O)C1)N2. The van der Waals surface area contributed by atoms with Gasteiger partial charge in [0, 0.05) is 30.7 Å². The summed E-state index contributed by atoms with van der Waals surface area (Å²) in [7, 11) is 0. The van der Waals surface area contributed by atoms with E-state index >= 15 is 0 Å². The van der Waals surface area contributed by atoms with Crippen molar-refractivity contribution in [1.82, 2.24) is 0 Å². The highest BCUT2D eigenvalue weighted by Gasteiger charge is 2.34. The summed E-state index contributed by atoms with van der Waals surface area (Å²) in [6.45, 7) is 6.99. The van der Waals surface area contributed by atoms with E-state index in [2.05, 4.69) is 50.4 Å². The second-order valence-electron chi connectivity index (χ2n) is 8.53. The van der Waals surface area contributed by atoms with Crippen LogP contribution in [0.5, 0.6) is 0 Å². The zero-order valence-corrected chi connectivity index (χ0v) is 15.6. The maximum Gasteiger partial charge on any atom is 0.0929 e. The Kier molecular flexibility index (Phi) is 5.24. The van der Waals surface area contributed by atoms with Gasteiger partial charge >= 0.3 is 0 Å². The molecule has 2 aliphatic rings. The largest absolute Gasteiger partial charge is 0.512 e. The van der Waals surface area contributed by atoms with E-state index < -0.39 is 0 Å². The summed E-state index contributed by atoms with van der Waals surface area (Å²) < 4.78 is 0. The van der Waals surface area contributed by atoms with Gasteiger partial charge in [0.2, 0.25) is 0 Å². The molecule has 0 aromatic heterocycles. The molecule has 136 valence electrons. The quantitative estimate of drug-likeness (QED) is 0.742. The van der Waals surface area contributed by atoms with Crippen LogP contribution in [-0.4, -0.2) is 22.9 Å². The van der Waals surface area contributed by atoms with Crippen molar-refractivity contribution in [2.75, 3.05) is 11.9 Å². The second kappa shape index (κ2) is 7.25. The Morgan fingerprint density at radius 3 is 2.68 bits per heavy atom. The van der Waals surface area contributed by atoms with Crippen molar-refractivity contribution in [2.24, 2.45) is 11.8 Å². The highest BCUT2D eigenvalue weighted by molar-refractivity contribution is 5.57. The highest BCUT2D eigenvalue weighted by Crippen LogP contribution is 2.38. The van der Waals surface area contributed by atoms with Crippen LogP contribution in [0.1, 0.15) is 51.2 Å². The first-order chi connectivity index (χ1) is 11.9. The van der Waals surface area contributed by atoms with E-state index in [1.165, 1.54) is 16.8 Å². The molecule has 1 unspecified atom stereocenters. The van der Waals surface area contributed by atoms with Crippen LogP contribution in [0.4, 0.5) is 5.69 Å². The van der Waals surface area contributed by atoms with E-state index in [1.54, 1.807) is 6.08 Å². The van der Waals surface area contributed by atoms with E-state index in [-0.39, 0.29) is 12.0 Å². The number of allylic oxidation sites excluding steroid dienone is 3. The summed E-state index contributed by atoms with van der Waals surface area (Å²) in [5.74, 6) is 1.23. The second-order valence-corrected chi connectivity index (χ2v) is 8.53. The monoisotopic (exact) mass is 341 g/mol. The van der Waals surface area contributed by atoms with Crippen molar-refractivity contribution >= 4 is 5.69 Å². The zero-order valence-electron chi connectivity index (χ0n) is 15.6. The van der Waals surface area contributed by atoms with Gasteiger partial charge in [0.05, 0.1) is 5.76 Å². The molecular formula is C22H31NO2. The van der Waals surface area contributed by atoms with Crippen molar-refractivity contribution in [3.8, 4) is 0 Å². The van der Waals surface area contributed by atoms with Crippen LogP contribution >= 0.6 is 0 Å². The molecule has 1 aromatic carbocycles. The third kappa shape index (κ3) is 4.09. The first-order valence-corrected chi connectivity index (χ1v) is 9.45. The van der Waals surface area contributed by atoms with E-state index in [0.717, 1.165) is 19.3 Å². The van der Waals surface area contributed by atoms with Crippen LogP contribution in [0.25, 0.3) is 0 Å². The third-order valence-electron chi connectivity index (χ3n) is 5.57. The molecule has 3 N–H and O–H groups in total. The molecule has 3 atom stereocenters. The zero-order chi connectivity index (χ0) is 18.0. The number of hydrogen-bond acceptors (Lipinski definition) is 3. The summed E-state index contributed by atoms with van der Waals surface area (Å²) >= 11 is 0. The van der Waals surface area contributed by atoms with Crippen LogP contribution in [0.3, 0.4) is 0 Å². The average Bonchev–Trinajstić information content (AvgIpc) is 2.57. The molecule has 0 saturated carbocycles. The van der Waals surface area contributed by atoms with Crippen LogP contribution in [0, 0.1) is 11.8 Å². The first-order valence-electron chi connectivity index (χ1n) is 9.45. The van der Waals surface area contributed by atoms with E-state index in [4.69, 9.17) is 0 Å². The predicted octanol–water partition coefficient (Wildman–Crippen LogP) is 4.73. The van der Waals surface area contributed by atoms with Crippen LogP contribution in [-0.2, 0) is 11.8 Å². The fourth-order valence-electron chi connectivity index (χ4n) is 4.10. The van der Waals surface area contributed by atoms with Crippen molar-refractivity contribution in [3.63, 3.8) is 0 Å². The molecular weight excluding hydrogens is 310 g/mol. The van der Waals surface area contributed by atoms with Gasteiger partial charge in [-0.3, -0.25) is 0 Å². The van der Waals surface area contributed by atoms with Gasteiger partial charge in [-0.1, -0.05) is 45.1 Å². The van der Waals surface area contributed by atoms with Crippen LogP contribution in [0.15, 0.2) is 42.2 Å². The minimum absolute atomic E-state index is 0.148. The summed E-state index contributed by atoms with van der Waals surface area (Å²) in [6.07, 6.45) is 9.51. The van der Waals surface area contributed by atoms with Gasteiger partial charge in [-0.15, -0.1) is 0 Å². The van der Waals surface area contributed by atoms with Crippen molar-refractivity contribution in [1.29, 1.82) is 0 Å². The smallest absolute Gasteiger partial charge is 0.0929 e. The van der Waals surface area contributed by atoms with Gasteiger partial charge in [0.1, 0.15) is 0 Å². The van der Waals surface area contributed by atoms with Gasteiger partial charge in [-0.25, -0.2) is 0 Å². The number of hydrogen-bond donors (Lipinski definition) is 3. The van der Waals surface area contributed by atoms with Gasteiger partial charge in [-0.2, -0.15) is 0 Å². The molecule has 3 heteroatoms. The summed E-state index contributed by atoms with van der Waals surface area (Å²) in [5.41, 5.74) is 4.12. The molecule has 3 nitrogen and oxygen atoms in total.